The van der Waals surface area contributed by atoms with Gasteiger partial charge in [-0.15, -0.1) is 0 Å². The number of benzene rings is 1. The number of aromatic nitrogens is 3. The molecule has 10 heteroatoms. The second kappa shape index (κ2) is 7.94. The first-order valence-corrected chi connectivity index (χ1v) is 11.1. The summed E-state index contributed by atoms with van der Waals surface area (Å²) in [4.78, 5) is 34.3. The van der Waals surface area contributed by atoms with E-state index in [0.29, 0.717) is 65.6 Å². The van der Waals surface area contributed by atoms with Gasteiger partial charge in [0.15, 0.2) is 0 Å². The van der Waals surface area contributed by atoms with E-state index in [0.717, 1.165) is 11.3 Å². The highest BCUT2D eigenvalue weighted by molar-refractivity contribution is 6.42. The second-order valence-electron chi connectivity index (χ2n) is 8.20. The van der Waals surface area contributed by atoms with Gasteiger partial charge in [-0.1, -0.05) is 23.2 Å². The molecular formula is C22H21Cl2N5O3. The Bertz CT molecular complexity index is 1230. The number of nitrogens with zero attached hydrogens (tertiary/aromatic N) is 5. The summed E-state index contributed by atoms with van der Waals surface area (Å²) in [5.41, 5.74) is 2.67. The van der Waals surface area contributed by atoms with E-state index >= 15 is 0 Å². The Labute approximate surface area is 194 Å². The van der Waals surface area contributed by atoms with Crippen LogP contribution in [0.3, 0.4) is 0 Å². The minimum Gasteiger partial charge on any atom is -0.444 e. The third-order valence-electron chi connectivity index (χ3n) is 5.98. The molecule has 5 rings (SSSR count). The van der Waals surface area contributed by atoms with Crippen molar-refractivity contribution in [2.24, 2.45) is 0 Å². The molecular weight excluding hydrogens is 453 g/mol. The molecule has 0 bridgehead atoms. The van der Waals surface area contributed by atoms with Crippen LogP contribution in [0.2, 0.25) is 10.0 Å². The third-order valence-corrected chi connectivity index (χ3v) is 6.72. The van der Waals surface area contributed by atoms with Gasteiger partial charge in [0.05, 0.1) is 41.6 Å². The van der Waals surface area contributed by atoms with Crippen molar-refractivity contribution in [1.29, 1.82) is 0 Å². The van der Waals surface area contributed by atoms with Gasteiger partial charge in [0.2, 0.25) is 5.89 Å². The van der Waals surface area contributed by atoms with E-state index in [1.165, 1.54) is 0 Å². The predicted octanol–water partition coefficient (Wildman–Crippen LogP) is 3.73. The van der Waals surface area contributed by atoms with Crippen LogP contribution >= 0.6 is 23.2 Å². The van der Waals surface area contributed by atoms with Crippen LogP contribution in [-0.4, -0.2) is 49.0 Å². The van der Waals surface area contributed by atoms with E-state index in [4.69, 9.17) is 27.6 Å². The lowest BCUT2D eigenvalue weighted by Gasteiger charge is -2.34. The first kappa shape index (κ1) is 21.0. The Morgan fingerprint density at radius 1 is 1.25 bits per heavy atom. The van der Waals surface area contributed by atoms with Crippen LogP contribution in [0.5, 0.6) is 0 Å². The van der Waals surface area contributed by atoms with E-state index in [1.807, 2.05) is 13.8 Å². The smallest absolute Gasteiger partial charge is 0.273 e. The van der Waals surface area contributed by atoms with Crippen molar-refractivity contribution in [3.8, 4) is 0 Å². The lowest BCUT2D eigenvalue weighted by atomic mass is 9.97. The summed E-state index contributed by atoms with van der Waals surface area (Å²) in [6.07, 6.45) is 2.22. The second-order valence-corrected chi connectivity index (χ2v) is 9.02. The zero-order chi connectivity index (χ0) is 22.6. The van der Waals surface area contributed by atoms with Gasteiger partial charge in [-0.2, -0.15) is 5.10 Å². The molecule has 0 fully saturated rings. The molecule has 0 unspecified atom stereocenters. The molecule has 0 N–H and O–H groups in total. The Morgan fingerprint density at radius 3 is 2.78 bits per heavy atom. The van der Waals surface area contributed by atoms with E-state index in [9.17, 15) is 9.59 Å². The number of hydrogen-bond donors (Lipinski definition) is 0. The summed E-state index contributed by atoms with van der Waals surface area (Å²) in [7, 11) is 0. The van der Waals surface area contributed by atoms with Crippen molar-refractivity contribution in [2.45, 2.75) is 45.9 Å². The average Bonchev–Trinajstić information content (AvgIpc) is 3.33. The fraction of sp³-hybridized carbons (Fsp3) is 0.364. The first-order valence-electron chi connectivity index (χ1n) is 10.4. The Balaban J connectivity index is 1.43. The molecule has 0 saturated heterocycles. The number of oxazole rings is 1. The van der Waals surface area contributed by atoms with Gasteiger partial charge in [-0.25, -0.2) is 4.98 Å². The zero-order valence-corrected chi connectivity index (χ0v) is 19.2. The molecule has 1 aromatic carbocycles. The van der Waals surface area contributed by atoms with Crippen molar-refractivity contribution in [3.05, 3.63) is 68.6 Å². The summed E-state index contributed by atoms with van der Waals surface area (Å²) < 4.78 is 7.31. The van der Waals surface area contributed by atoms with Crippen LogP contribution in [0, 0.1) is 6.92 Å². The maximum absolute atomic E-state index is 13.3. The molecule has 2 aliphatic rings. The van der Waals surface area contributed by atoms with Crippen molar-refractivity contribution in [1.82, 2.24) is 24.6 Å². The largest absolute Gasteiger partial charge is 0.444 e. The predicted molar refractivity (Wildman–Crippen MR) is 118 cm³/mol. The summed E-state index contributed by atoms with van der Waals surface area (Å²) in [5, 5.41) is 5.41. The molecule has 8 nitrogen and oxygen atoms in total. The Morgan fingerprint density at radius 2 is 2.06 bits per heavy atom. The van der Waals surface area contributed by atoms with Gasteiger partial charge in [0, 0.05) is 30.1 Å². The van der Waals surface area contributed by atoms with Crippen LogP contribution in [0.1, 0.15) is 50.7 Å². The van der Waals surface area contributed by atoms with Gasteiger partial charge in [0.25, 0.3) is 11.8 Å². The maximum Gasteiger partial charge on any atom is 0.273 e. The van der Waals surface area contributed by atoms with Crippen molar-refractivity contribution in [2.75, 3.05) is 6.54 Å². The Hall–Kier alpha value is -2.84. The van der Waals surface area contributed by atoms with Gasteiger partial charge >= 0.3 is 0 Å². The van der Waals surface area contributed by atoms with Crippen molar-refractivity contribution >= 4 is 35.0 Å². The molecule has 2 aromatic heterocycles. The van der Waals surface area contributed by atoms with Crippen molar-refractivity contribution in [3.63, 3.8) is 0 Å². The highest BCUT2D eigenvalue weighted by Crippen LogP contribution is 2.31. The number of carbonyl (C=O) groups excluding carboxylic acids is 2. The SMILES string of the molecule is Cc1cnc(CN2CCn3nc4c(c3C2=O)CN(C(=O)c2ccc(Cl)c(Cl)c2)[C@H](C)C4)o1. The number of amides is 2. The average molecular weight is 474 g/mol. The van der Waals surface area contributed by atoms with E-state index in [-0.39, 0.29) is 17.9 Å². The molecule has 4 heterocycles. The minimum atomic E-state index is -0.156. The highest BCUT2D eigenvalue weighted by atomic mass is 35.5. The standard InChI is InChI=1S/C22H21Cl2N5O3/c1-12-7-18-15(10-28(12)21(30)14-3-4-16(23)17(24)8-14)20-22(31)27(5-6-29(20)26-18)11-19-25-9-13(2)32-19/h3-4,8-9,12H,5-7,10-11H2,1-2H3/t12-/m1/s1. The number of hydrogen-bond acceptors (Lipinski definition) is 5. The normalized spacial score (nSPS) is 18.0. The van der Waals surface area contributed by atoms with Crippen LogP contribution < -0.4 is 0 Å². The van der Waals surface area contributed by atoms with Crippen LogP contribution in [0.25, 0.3) is 0 Å². The van der Waals surface area contributed by atoms with E-state index in [1.54, 1.807) is 38.9 Å². The summed E-state index contributed by atoms with van der Waals surface area (Å²) in [6, 6.07) is 4.79. The molecule has 2 aliphatic heterocycles. The maximum atomic E-state index is 13.3. The number of fused-ring (bicyclic) bond motifs is 3. The first-order chi connectivity index (χ1) is 15.3. The van der Waals surface area contributed by atoms with Crippen molar-refractivity contribution < 1.29 is 14.0 Å². The van der Waals surface area contributed by atoms with Gasteiger partial charge in [0.1, 0.15) is 11.5 Å². The van der Waals surface area contributed by atoms with E-state index < -0.39 is 0 Å². The molecule has 0 saturated carbocycles. The lowest BCUT2D eigenvalue weighted by Crippen LogP contribution is -2.44. The van der Waals surface area contributed by atoms with Crippen LogP contribution in [0.15, 0.2) is 28.8 Å². The molecule has 1 atom stereocenters. The molecule has 0 aliphatic carbocycles. The monoisotopic (exact) mass is 473 g/mol. The lowest BCUT2D eigenvalue weighted by molar-refractivity contribution is 0.0631. The number of rotatable bonds is 3. The molecule has 32 heavy (non-hydrogen) atoms. The topological polar surface area (TPSA) is 84.5 Å². The molecule has 0 radical (unpaired) electrons. The summed E-state index contributed by atoms with van der Waals surface area (Å²) in [6.45, 7) is 5.52. The van der Waals surface area contributed by atoms with Crippen LogP contribution in [-0.2, 0) is 26.1 Å². The minimum absolute atomic E-state index is 0.0668. The van der Waals surface area contributed by atoms with Crippen LogP contribution in [0.4, 0.5) is 0 Å². The highest BCUT2D eigenvalue weighted by Gasteiger charge is 2.37. The van der Waals surface area contributed by atoms with Gasteiger partial charge in [-0.3, -0.25) is 14.3 Å². The molecule has 3 aromatic rings. The number of halogens is 2. The summed E-state index contributed by atoms with van der Waals surface area (Å²) >= 11 is 12.1. The number of aryl methyl sites for hydroxylation is 1. The summed E-state index contributed by atoms with van der Waals surface area (Å²) in [5.74, 6) is 0.925. The van der Waals surface area contributed by atoms with E-state index in [2.05, 4.69) is 10.1 Å². The number of carbonyl (C=O) groups is 2. The zero-order valence-electron chi connectivity index (χ0n) is 17.6. The van der Waals surface area contributed by atoms with Gasteiger partial charge < -0.3 is 14.2 Å². The Kier molecular flexibility index (Phi) is 5.22. The quantitative estimate of drug-likeness (QED) is 0.578. The fourth-order valence-corrected chi connectivity index (χ4v) is 4.62. The molecule has 166 valence electrons. The third kappa shape index (κ3) is 3.57. The van der Waals surface area contributed by atoms with Gasteiger partial charge in [-0.05, 0) is 32.0 Å². The molecule has 0 spiro atoms. The molecule has 2 amide bonds. The fourth-order valence-electron chi connectivity index (χ4n) is 4.32.